The first kappa shape index (κ1) is 26.4. The number of hydrogen-bond donors (Lipinski definition) is 0. The predicted molar refractivity (Wildman–Crippen MR) is 94.8 cm³/mol. The summed E-state index contributed by atoms with van der Waals surface area (Å²) in [6.07, 6.45) is 1.07. The Morgan fingerprint density at radius 1 is 1.14 bits per heavy atom. The van der Waals surface area contributed by atoms with Crippen LogP contribution in [0.5, 0.6) is 0 Å². The molecule has 1 fully saturated rings. The maximum Gasteiger partial charge on any atom is 0.155 e. The zero-order valence-corrected chi connectivity index (χ0v) is 16.3. The van der Waals surface area contributed by atoms with Gasteiger partial charge < -0.3 is 18.9 Å². The van der Waals surface area contributed by atoms with Gasteiger partial charge in [-0.25, -0.2) is 0 Å². The van der Waals surface area contributed by atoms with Crippen molar-refractivity contribution < 1.29 is 18.9 Å². The number of ether oxygens (including phenoxy) is 4. The van der Waals surface area contributed by atoms with Crippen LogP contribution in [0.2, 0.25) is 0 Å². The summed E-state index contributed by atoms with van der Waals surface area (Å²) < 4.78 is 20.2. The molecule has 0 amide bonds. The Morgan fingerprint density at radius 3 is 1.82 bits per heavy atom. The highest BCUT2D eigenvalue weighted by molar-refractivity contribution is 5.78. The van der Waals surface area contributed by atoms with Gasteiger partial charge in [-0.15, -0.1) is 0 Å². The molecule has 1 rings (SSSR count). The second kappa shape index (κ2) is 22.8. The van der Waals surface area contributed by atoms with Crippen molar-refractivity contribution in [2.45, 2.75) is 74.4 Å². The Labute approximate surface area is 138 Å². The quantitative estimate of drug-likeness (QED) is 0.559. The zero-order chi connectivity index (χ0) is 17.8. The van der Waals surface area contributed by atoms with Crippen LogP contribution >= 0.6 is 0 Å². The molecule has 0 spiro atoms. The summed E-state index contributed by atoms with van der Waals surface area (Å²) in [5, 5.41) is 0. The van der Waals surface area contributed by atoms with E-state index in [2.05, 4.69) is 11.9 Å². The topological polar surface area (TPSA) is 49.3 Å². The van der Waals surface area contributed by atoms with Gasteiger partial charge in [0, 0.05) is 26.0 Å². The SMILES string of the molecule is CC.CC1OCCO1.CCCOC(C)OCC.CN=C(C)C. The van der Waals surface area contributed by atoms with Crippen molar-refractivity contribution in [3.63, 3.8) is 0 Å². The highest BCUT2D eigenvalue weighted by Crippen LogP contribution is 1.99. The van der Waals surface area contributed by atoms with E-state index in [0.717, 1.165) is 38.6 Å². The predicted octanol–water partition coefficient (Wildman–Crippen LogP) is 4.30. The maximum atomic E-state index is 5.21. The molecule has 0 aromatic rings. The van der Waals surface area contributed by atoms with Crippen LogP contribution in [0, 0.1) is 0 Å². The van der Waals surface area contributed by atoms with E-state index in [0.29, 0.717) is 0 Å². The van der Waals surface area contributed by atoms with E-state index in [1.54, 1.807) is 7.05 Å². The number of hydrogen-bond acceptors (Lipinski definition) is 5. The van der Waals surface area contributed by atoms with Crippen LogP contribution in [-0.4, -0.2) is 51.8 Å². The van der Waals surface area contributed by atoms with Gasteiger partial charge in [0.05, 0.1) is 13.2 Å². The van der Waals surface area contributed by atoms with Crippen molar-refractivity contribution in [2.75, 3.05) is 33.5 Å². The Kier molecular flexibility index (Phi) is 27.4. The fraction of sp³-hybridized carbons (Fsp3) is 0.941. The van der Waals surface area contributed by atoms with Gasteiger partial charge >= 0.3 is 0 Å². The summed E-state index contributed by atoms with van der Waals surface area (Å²) in [5.74, 6) is 0. The summed E-state index contributed by atoms with van der Waals surface area (Å²) in [7, 11) is 1.79. The third-order valence-corrected chi connectivity index (χ3v) is 2.19. The van der Waals surface area contributed by atoms with Gasteiger partial charge in [0.1, 0.15) is 0 Å². The van der Waals surface area contributed by atoms with Crippen LogP contribution in [0.4, 0.5) is 0 Å². The third kappa shape index (κ3) is 27.8. The summed E-state index contributed by atoms with van der Waals surface area (Å²) in [5.41, 5.74) is 1.13. The lowest BCUT2D eigenvalue weighted by Gasteiger charge is -2.10. The summed E-state index contributed by atoms with van der Waals surface area (Å²) in [6, 6.07) is 0. The number of aliphatic imine (C=N–C) groups is 1. The standard InChI is InChI=1S/C7H16O2.C4H9N.C4H8O2.C2H6/c1-4-6-9-7(3)8-5-2;1-4(2)5-3;1-4-5-2-3-6-4;1-2/h7H,4-6H2,1-3H3;1-3H3;4H,2-3H2,1H3;1-2H3. The molecule has 0 aliphatic carbocycles. The average Bonchev–Trinajstić information content (AvgIpc) is 3.00. The fourth-order valence-electron chi connectivity index (χ4n) is 1.04. The van der Waals surface area contributed by atoms with E-state index in [9.17, 15) is 0 Å². The minimum Gasteiger partial charge on any atom is -0.353 e. The van der Waals surface area contributed by atoms with Crippen molar-refractivity contribution >= 4 is 5.71 Å². The molecule has 1 aliphatic heterocycles. The molecule has 0 bridgehead atoms. The third-order valence-electron chi connectivity index (χ3n) is 2.19. The highest BCUT2D eigenvalue weighted by Gasteiger charge is 2.07. The summed E-state index contributed by atoms with van der Waals surface area (Å²) in [4.78, 5) is 3.81. The fourth-order valence-corrected chi connectivity index (χ4v) is 1.04. The van der Waals surface area contributed by atoms with Crippen molar-refractivity contribution in [1.82, 2.24) is 0 Å². The van der Waals surface area contributed by atoms with Gasteiger partial charge in [-0.2, -0.15) is 0 Å². The lowest BCUT2D eigenvalue weighted by molar-refractivity contribution is -0.126. The average molecular weight is 322 g/mol. The first-order chi connectivity index (χ1) is 10.5. The van der Waals surface area contributed by atoms with Gasteiger partial charge in [-0.05, 0) is 41.0 Å². The van der Waals surface area contributed by atoms with Crippen molar-refractivity contribution in [3.05, 3.63) is 0 Å². The summed E-state index contributed by atoms with van der Waals surface area (Å²) >= 11 is 0. The Balaban J connectivity index is -0.000000242. The van der Waals surface area contributed by atoms with E-state index >= 15 is 0 Å². The molecule has 0 saturated carbocycles. The molecule has 0 N–H and O–H groups in total. The van der Waals surface area contributed by atoms with E-state index in [1.807, 2.05) is 48.5 Å². The van der Waals surface area contributed by atoms with Crippen molar-refractivity contribution in [2.24, 2.45) is 4.99 Å². The van der Waals surface area contributed by atoms with Crippen LogP contribution in [-0.2, 0) is 18.9 Å². The van der Waals surface area contributed by atoms with Crippen molar-refractivity contribution in [3.8, 4) is 0 Å². The van der Waals surface area contributed by atoms with Gasteiger partial charge in [-0.3, -0.25) is 4.99 Å². The minimum absolute atomic E-state index is 0.0325. The molecule has 1 aliphatic rings. The molecule has 1 unspecified atom stereocenters. The largest absolute Gasteiger partial charge is 0.353 e. The van der Waals surface area contributed by atoms with E-state index in [-0.39, 0.29) is 12.6 Å². The molecule has 1 saturated heterocycles. The van der Waals surface area contributed by atoms with Crippen LogP contribution in [0.3, 0.4) is 0 Å². The molecule has 0 aromatic carbocycles. The lowest BCUT2D eigenvalue weighted by atomic mass is 10.5. The zero-order valence-electron chi connectivity index (χ0n) is 16.3. The first-order valence-corrected chi connectivity index (χ1v) is 8.34. The minimum atomic E-state index is -0.0325. The van der Waals surface area contributed by atoms with Crippen molar-refractivity contribution in [1.29, 1.82) is 0 Å². The lowest BCUT2D eigenvalue weighted by Crippen LogP contribution is -2.12. The van der Waals surface area contributed by atoms with E-state index in [4.69, 9.17) is 18.9 Å². The molecule has 0 radical (unpaired) electrons. The molecule has 22 heavy (non-hydrogen) atoms. The molecule has 0 aromatic heterocycles. The molecule has 1 heterocycles. The van der Waals surface area contributed by atoms with Gasteiger partial charge in [0.2, 0.25) is 0 Å². The van der Waals surface area contributed by atoms with Gasteiger partial charge in [0.25, 0.3) is 0 Å². The molecule has 5 heteroatoms. The molecule has 136 valence electrons. The molecular formula is C17H39NO4. The molecular weight excluding hydrogens is 282 g/mol. The highest BCUT2D eigenvalue weighted by atomic mass is 16.7. The normalized spacial score (nSPS) is 14.4. The Bertz CT molecular complexity index is 213. The van der Waals surface area contributed by atoms with E-state index in [1.165, 1.54) is 0 Å². The second-order valence-electron chi connectivity index (χ2n) is 4.37. The number of rotatable bonds is 5. The second-order valence-corrected chi connectivity index (χ2v) is 4.37. The van der Waals surface area contributed by atoms with Gasteiger partial charge in [-0.1, -0.05) is 20.8 Å². The van der Waals surface area contributed by atoms with E-state index < -0.39 is 0 Å². The van der Waals surface area contributed by atoms with Crippen LogP contribution in [0.25, 0.3) is 0 Å². The Hall–Kier alpha value is -0.490. The molecule has 5 nitrogen and oxygen atoms in total. The van der Waals surface area contributed by atoms with Gasteiger partial charge in [0.15, 0.2) is 12.6 Å². The Morgan fingerprint density at radius 2 is 1.59 bits per heavy atom. The molecule has 1 atom stereocenters. The van der Waals surface area contributed by atoms with Crippen LogP contribution < -0.4 is 0 Å². The van der Waals surface area contributed by atoms with Crippen LogP contribution in [0.15, 0.2) is 4.99 Å². The smallest absolute Gasteiger partial charge is 0.155 e. The monoisotopic (exact) mass is 321 g/mol. The summed E-state index contributed by atoms with van der Waals surface area (Å²) in [6.45, 7) is 18.9. The number of nitrogens with zero attached hydrogens (tertiary/aromatic N) is 1. The van der Waals surface area contributed by atoms with Crippen LogP contribution in [0.1, 0.15) is 61.8 Å². The first-order valence-electron chi connectivity index (χ1n) is 8.34. The maximum absolute atomic E-state index is 5.21.